The van der Waals surface area contributed by atoms with Gasteiger partial charge in [0.2, 0.25) is 18.2 Å². The van der Waals surface area contributed by atoms with Crippen molar-refractivity contribution < 1.29 is 14.4 Å². The van der Waals surface area contributed by atoms with E-state index >= 15 is 0 Å². The van der Waals surface area contributed by atoms with Gasteiger partial charge in [0, 0.05) is 0 Å². The second-order valence-electron chi connectivity index (χ2n) is 7.06. The lowest BCUT2D eigenvalue weighted by Gasteiger charge is -2.34. The van der Waals surface area contributed by atoms with Crippen LogP contribution in [0, 0.1) is 20.8 Å². The summed E-state index contributed by atoms with van der Waals surface area (Å²) in [6, 6.07) is 18.5. The number of aliphatic imine (C=N–C) groups is 3. The molecular formula is C25H19N3O3. The number of rotatable bonds is 6. The summed E-state index contributed by atoms with van der Waals surface area (Å²) in [7, 11) is 0. The topological polar surface area (TPSA) is 88.3 Å². The molecule has 3 aromatic carbocycles. The summed E-state index contributed by atoms with van der Waals surface area (Å²) in [6.45, 7) is 5.61. The molecule has 3 aromatic rings. The van der Waals surface area contributed by atoms with Gasteiger partial charge in [0.05, 0.1) is 0 Å². The number of aryl methyl sites for hydroxylation is 2. The quantitative estimate of drug-likeness (QED) is 0.319. The van der Waals surface area contributed by atoms with Gasteiger partial charge in [-0.25, -0.2) is 14.4 Å². The van der Waals surface area contributed by atoms with E-state index in [0.717, 1.165) is 22.3 Å². The standard InChI is InChI=1S/C25H19N3O3/c1-17-8-4-6-10-20(17)25(28-16-31,21-11-7-5-9-18(21)2)22-12-13-23(26-14-29)24(19(22)3)27-15-30/h4-13H,1-3H3. The van der Waals surface area contributed by atoms with E-state index in [1.807, 2.05) is 62.4 Å². The number of hydrogen-bond acceptors (Lipinski definition) is 6. The van der Waals surface area contributed by atoms with Crippen molar-refractivity contribution in [1.82, 2.24) is 0 Å². The molecular weight excluding hydrogens is 390 g/mol. The molecule has 0 heterocycles. The fourth-order valence-corrected chi connectivity index (χ4v) is 4.05. The molecule has 0 unspecified atom stereocenters. The molecule has 0 fully saturated rings. The van der Waals surface area contributed by atoms with Crippen LogP contribution in [0.5, 0.6) is 0 Å². The zero-order chi connectivity index (χ0) is 22.4. The molecule has 0 atom stereocenters. The van der Waals surface area contributed by atoms with E-state index in [0.29, 0.717) is 11.1 Å². The molecule has 6 nitrogen and oxygen atoms in total. The minimum atomic E-state index is -1.25. The van der Waals surface area contributed by atoms with Crippen LogP contribution in [0.2, 0.25) is 0 Å². The Kier molecular flexibility index (Phi) is 6.30. The highest BCUT2D eigenvalue weighted by molar-refractivity contribution is 5.75. The van der Waals surface area contributed by atoms with Crippen molar-refractivity contribution in [2.24, 2.45) is 15.0 Å². The minimum Gasteiger partial charge on any atom is -0.211 e. The van der Waals surface area contributed by atoms with Crippen LogP contribution in [-0.2, 0) is 19.9 Å². The summed E-state index contributed by atoms with van der Waals surface area (Å²) in [6.07, 6.45) is 4.75. The van der Waals surface area contributed by atoms with Gasteiger partial charge >= 0.3 is 0 Å². The van der Waals surface area contributed by atoms with Gasteiger partial charge in [-0.2, -0.15) is 15.0 Å². The monoisotopic (exact) mass is 409 g/mol. The second kappa shape index (κ2) is 9.08. The minimum absolute atomic E-state index is 0.170. The van der Waals surface area contributed by atoms with Gasteiger partial charge in [0.1, 0.15) is 16.9 Å². The van der Waals surface area contributed by atoms with Gasteiger partial charge in [0.15, 0.2) is 0 Å². The van der Waals surface area contributed by atoms with Crippen LogP contribution >= 0.6 is 0 Å². The van der Waals surface area contributed by atoms with E-state index < -0.39 is 5.54 Å². The van der Waals surface area contributed by atoms with E-state index in [2.05, 4.69) is 15.0 Å². The maximum Gasteiger partial charge on any atom is 0.240 e. The predicted octanol–water partition coefficient (Wildman–Crippen LogP) is 5.17. The molecule has 0 aliphatic heterocycles. The molecule has 0 aliphatic rings. The van der Waals surface area contributed by atoms with Crippen molar-refractivity contribution in [2.45, 2.75) is 26.3 Å². The first-order chi connectivity index (χ1) is 15.0. The first kappa shape index (κ1) is 21.5. The van der Waals surface area contributed by atoms with Crippen LogP contribution in [0.15, 0.2) is 75.6 Å². The van der Waals surface area contributed by atoms with Crippen molar-refractivity contribution in [1.29, 1.82) is 0 Å². The van der Waals surface area contributed by atoms with E-state index in [4.69, 9.17) is 0 Å². The molecule has 0 radical (unpaired) electrons. The van der Waals surface area contributed by atoms with Crippen LogP contribution in [0.25, 0.3) is 0 Å². The van der Waals surface area contributed by atoms with Crippen LogP contribution in [-0.4, -0.2) is 18.2 Å². The van der Waals surface area contributed by atoms with E-state index in [1.165, 1.54) is 12.2 Å². The number of hydrogen-bond donors (Lipinski definition) is 0. The summed E-state index contributed by atoms with van der Waals surface area (Å²) in [5, 5.41) is 0. The lowest BCUT2D eigenvalue weighted by atomic mass is 9.73. The molecule has 6 heteroatoms. The zero-order valence-corrected chi connectivity index (χ0v) is 17.3. The number of nitrogens with zero attached hydrogens (tertiary/aromatic N) is 3. The van der Waals surface area contributed by atoms with Gasteiger partial charge in [-0.3, -0.25) is 0 Å². The number of isocyanates is 3. The number of benzene rings is 3. The lowest BCUT2D eigenvalue weighted by Crippen LogP contribution is -2.30. The third kappa shape index (κ3) is 3.71. The average Bonchev–Trinajstić information content (AvgIpc) is 2.76. The van der Waals surface area contributed by atoms with Gasteiger partial charge in [-0.1, -0.05) is 54.6 Å². The van der Waals surface area contributed by atoms with Crippen molar-refractivity contribution in [2.75, 3.05) is 0 Å². The molecule has 0 spiro atoms. The van der Waals surface area contributed by atoms with Gasteiger partial charge in [0.25, 0.3) is 0 Å². The molecule has 0 N–H and O–H groups in total. The smallest absolute Gasteiger partial charge is 0.211 e. The third-order valence-electron chi connectivity index (χ3n) is 5.41. The summed E-state index contributed by atoms with van der Waals surface area (Å²) >= 11 is 0. The van der Waals surface area contributed by atoms with Crippen LogP contribution in [0.4, 0.5) is 11.4 Å². The Morgan fingerprint density at radius 1 is 0.645 bits per heavy atom. The van der Waals surface area contributed by atoms with Crippen molar-refractivity contribution in [3.8, 4) is 0 Å². The Hall–Kier alpha value is -4.20. The normalized spacial score (nSPS) is 10.4. The molecule has 0 aliphatic carbocycles. The Bertz CT molecular complexity index is 1250. The van der Waals surface area contributed by atoms with Crippen LogP contribution < -0.4 is 0 Å². The van der Waals surface area contributed by atoms with Gasteiger partial charge in [-0.15, -0.1) is 0 Å². The summed E-state index contributed by atoms with van der Waals surface area (Å²) in [4.78, 5) is 45.6. The molecule has 0 saturated heterocycles. The maximum atomic E-state index is 11.8. The van der Waals surface area contributed by atoms with Gasteiger partial charge < -0.3 is 0 Å². The highest BCUT2D eigenvalue weighted by atomic mass is 16.1. The molecule has 0 aromatic heterocycles. The molecule has 0 amide bonds. The van der Waals surface area contributed by atoms with E-state index in [9.17, 15) is 14.4 Å². The van der Waals surface area contributed by atoms with Crippen LogP contribution in [0.1, 0.15) is 33.4 Å². The second-order valence-corrected chi connectivity index (χ2v) is 7.06. The maximum absolute atomic E-state index is 11.8. The molecule has 31 heavy (non-hydrogen) atoms. The largest absolute Gasteiger partial charge is 0.240 e. The summed E-state index contributed by atoms with van der Waals surface area (Å²) in [5.41, 5.74) is 3.63. The SMILES string of the molecule is Cc1ccccc1C(N=C=O)(c1ccccc1C)c1ccc(N=C=O)c(N=C=O)c1C. The van der Waals surface area contributed by atoms with E-state index in [1.54, 1.807) is 25.1 Å². The van der Waals surface area contributed by atoms with E-state index in [-0.39, 0.29) is 11.4 Å². The summed E-state index contributed by atoms with van der Waals surface area (Å²) in [5.74, 6) is 0. The first-order valence-corrected chi connectivity index (χ1v) is 9.52. The number of carbonyl (C=O) groups excluding carboxylic acids is 3. The zero-order valence-electron chi connectivity index (χ0n) is 17.3. The molecule has 152 valence electrons. The summed E-state index contributed by atoms with van der Waals surface area (Å²) < 4.78 is 0. The first-order valence-electron chi connectivity index (χ1n) is 9.52. The molecule has 0 bridgehead atoms. The fraction of sp³-hybridized carbons (Fsp3) is 0.160. The highest BCUT2D eigenvalue weighted by Gasteiger charge is 2.40. The Morgan fingerprint density at radius 3 is 1.68 bits per heavy atom. The van der Waals surface area contributed by atoms with Gasteiger partial charge in [-0.05, 0) is 60.2 Å². The third-order valence-corrected chi connectivity index (χ3v) is 5.41. The Labute approximate surface area is 179 Å². The van der Waals surface area contributed by atoms with Crippen molar-refractivity contribution >= 4 is 29.6 Å². The Balaban J connectivity index is 2.58. The Morgan fingerprint density at radius 2 is 1.19 bits per heavy atom. The van der Waals surface area contributed by atoms with Crippen LogP contribution in [0.3, 0.4) is 0 Å². The fourth-order valence-electron chi connectivity index (χ4n) is 4.05. The highest BCUT2D eigenvalue weighted by Crippen LogP contribution is 2.47. The van der Waals surface area contributed by atoms with Crippen molar-refractivity contribution in [3.05, 3.63) is 94.0 Å². The predicted molar refractivity (Wildman–Crippen MR) is 117 cm³/mol. The van der Waals surface area contributed by atoms with Crippen molar-refractivity contribution in [3.63, 3.8) is 0 Å². The average molecular weight is 409 g/mol. The molecule has 0 saturated carbocycles. The molecule has 3 rings (SSSR count). The lowest BCUT2D eigenvalue weighted by molar-refractivity contribution is 0.548.